The van der Waals surface area contributed by atoms with E-state index in [0.717, 1.165) is 11.0 Å². The summed E-state index contributed by atoms with van der Waals surface area (Å²) in [6.07, 6.45) is 1.54. The SMILES string of the molecule is O=S(=O)(/C=C/c1ccccc1)Nc1cc2c(cc1Br)OCCO2. The smallest absolute Gasteiger partial charge is 0.255 e. The Hall–Kier alpha value is -1.99. The molecule has 1 N–H and O–H groups in total. The molecule has 0 saturated carbocycles. The van der Waals surface area contributed by atoms with Gasteiger partial charge in [0.25, 0.3) is 10.0 Å². The van der Waals surface area contributed by atoms with Crippen LogP contribution in [0.1, 0.15) is 5.56 Å². The van der Waals surface area contributed by atoms with Crippen molar-refractivity contribution in [1.29, 1.82) is 0 Å². The lowest BCUT2D eigenvalue weighted by atomic mass is 10.2. The van der Waals surface area contributed by atoms with Gasteiger partial charge in [-0.2, -0.15) is 0 Å². The Morgan fingerprint density at radius 3 is 2.39 bits per heavy atom. The van der Waals surface area contributed by atoms with E-state index in [1.807, 2.05) is 30.3 Å². The van der Waals surface area contributed by atoms with Crippen molar-refractivity contribution in [2.75, 3.05) is 17.9 Å². The second-order valence-electron chi connectivity index (χ2n) is 4.84. The third-order valence-electron chi connectivity index (χ3n) is 3.12. The number of halogens is 1. The van der Waals surface area contributed by atoms with Gasteiger partial charge >= 0.3 is 0 Å². The maximum atomic E-state index is 12.2. The van der Waals surface area contributed by atoms with Crippen molar-refractivity contribution in [2.45, 2.75) is 0 Å². The molecule has 0 unspecified atom stereocenters. The van der Waals surface area contributed by atoms with E-state index in [2.05, 4.69) is 20.7 Å². The van der Waals surface area contributed by atoms with Gasteiger partial charge in [-0.1, -0.05) is 30.3 Å². The Balaban J connectivity index is 1.82. The number of hydrogen-bond acceptors (Lipinski definition) is 4. The lowest BCUT2D eigenvalue weighted by molar-refractivity contribution is 0.171. The van der Waals surface area contributed by atoms with Gasteiger partial charge in [0.2, 0.25) is 0 Å². The van der Waals surface area contributed by atoms with Gasteiger partial charge in [0, 0.05) is 16.6 Å². The molecule has 0 atom stereocenters. The third kappa shape index (κ3) is 4.05. The van der Waals surface area contributed by atoms with Gasteiger partial charge in [-0.05, 0) is 27.6 Å². The monoisotopic (exact) mass is 395 g/mol. The molecule has 1 aliphatic heterocycles. The fraction of sp³-hybridized carbons (Fsp3) is 0.125. The van der Waals surface area contributed by atoms with Crippen LogP contribution in [-0.4, -0.2) is 21.6 Å². The molecular weight excluding hydrogens is 382 g/mol. The van der Waals surface area contributed by atoms with E-state index >= 15 is 0 Å². The quantitative estimate of drug-likeness (QED) is 0.857. The van der Waals surface area contributed by atoms with Gasteiger partial charge in [0.1, 0.15) is 13.2 Å². The highest BCUT2D eigenvalue weighted by molar-refractivity contribution is 9.10. The second kappa shape index (κ2) is 6.64. The summed E-state index contributed by atoms with van der Waals surface area (Å²) in [5.41, 5.74) is 1.20. The van der Waals surface area contributed by atoms with E-state index < -0.39 is 10.0 Å². The highest BCUT2D eigenvalue weighted by atomic mass is 79.9. The van der Waals surface area contributed by atoms with Crippen LogP contribution < -0.4 is 14.2 Å². The number of ether oxygens (including phenoxy) is 2. The number of hydrogen-bond donors (Lipinski definition) is 1. The highest BCUT2D eigenvalue weighted by Gasteiger charge is 2.17. The summed E-state index contributed by atoms with van der Waals surface area (Å²) in [5.74, 6) is 1.11. The summed E-state index contributed by atoms with van der Waals surface area (Å²) in [6, 6.07) is 12.5. The molecule has 5 nitrogen and oxygen atoms in total. The average Bonchev–Trinajstić information content (AvgIpc) is 2.55. The second-order valence-corrected chi connectivity index (χ2v) is 7.26. The van der Waals surface area contributed by atoms with Crippen LogP contribution >= 0.6 is 15.9 Å². The first-order chi connectivity index (χ1) is 11.0. The van der Waals surface area contributed by atoms with Crippen molar-refractivity contribution in [3.63, 3.8) is 0 Å². The predicted octanol–water partition coefficient (Wildman–Crippen LogP) is 3.63. The fourth-order valence-corrected chi connectivity index (χ4v) is 3.49. The van der Waals surface area contributed by atoms with E-state index in [1.165, 1.54) is 6.08 Å². The average molecular weight is 396 g/mol. The molecule has 1 heterocycles. The van der Waals surface area contributed by atoms with Crippen LogP contribution in [0, 0.1) is 0 Å². The summed E-state index contributed by atoms with van der Waals surface area (Å²) in [6.45, 7) is 0.916. The lowest BCUT2D eigenvalue weighted by Crippen LogP contribution is -2.16. The zero-order chi connectivity index (χ0) is 16.3. The zero-order valence-corrected chi connectivity index (χ0v) is 14.4. The minimum Gasteiger partial charge on any atom is -0.486 e. The van der Waals surface area contributed by atoms with E-state index in [0.29, 0.717) is 34.9 Å². The van der Waals surface area contributed by atoms with Crippen LogP contribution in [0.3, 0.4) is 0 Å². The summed E-state index contributed by atoms with van der Waals surface area (Å²) < 4.78 is 38.4. The number of nitrogens with one attached hydrogen (secondary N) is 1. The van der Waals surface area contributed by atoms with Crippen molar-refractivity contribution in [3.8, 4) is 11.5 Å². The summed E-state index contributed by atoms with van der Waals surface area (Å²) in [5, 5.41) is 1.13. The Morgan fingerprint density at radius 1 is 1.04 bits per heavy atom. The van der Waals surface area contributed by atoms with Crippen LogP contribution in [0.2, 0.25) is 0 Å². The summed E-state index contributed by atoms with van der Waals surface area (Å²) >= 11 is 3.34. The number of fused-ring (bicyclic) bond motifs is 1. The van der Waals surface area contributed by atoms with E-state index in [-0.39, 0.29) is 0 Å². The van der Waals surface area contributed by atoms with Crippen LogP contribution in [0.4, 0.5) is 5.69 Å². The Morgan fingerprint density at radius 2 is 1.70 bits per heavy atom. The van der Waals surface area contributed by atoms with E-state index in [1.54, 1.807) is 12.1 Å². The molecule has 0 bridgehead atoms. The van der Waals surface area contributed by atoms with E-state index in [4.69, 9.17) is 9.47 Å². The number of rotatable bonds is 4. The summed E-state index contributed by atoms with van der Waals surface area (Å²) in [4.78, 5) is 0. The number of anilines is 1. The van der Waals surface area contributed by atoms with Crippen molar-refractivity contribution in [3.05, 3.63) is 57.9 Å². The molecule has 1 aliphatic rings. The fourth-order valence-electron chi connectivity index (χ4n) is 2.06. The molecule has 0 amide bonds. The molecule has 0 spiro atoms. The molecule has 3 rings (SSSR count). The molecule has 120 valence electrons. The molecule has 0 saturated heterocycles. The van der Waals surface area contributed by atoms with Gasteiger partial charge < -0.3 is 9.47 Å². The largest absolute Gasteiger partial charge is 0.486 e. The lowest BCUT2D eigenvalue weighted by Gasteiger charge is -2.20. The summed E-state index contributed by atoms with van der Waals surface area (Å²) in [7, 11) is -3.64. The first kappa shape index (κ1) is 15.9. The van der Waals surface area contributed by atoms with Gasteiger partial charge in [-0.15, -0.1) is 0 Å². The first-order valence-corrected chi connectivity index (χ1v) is 9.22. The topological polar surface area (TPSA) is 64.6 Å². The molecule has 0 fully saturated rings. The number of sulfonamides is 1. The van der Waals surface area contributed by atoms with Crippen molar-refractivity contribution in [2.24, 2.45) is 0 Å². The Kier molecular flexibility index (Phi) is 4.58. The molecular formula is C16H14BrNO4S. The maximum absolute atomic E-state index is 12.2. The van der Waals surface area contributed by atoms with Gasteiger partial charge in [-0.25, -0.2) is 8.42 Å². The van der Waals surface area contributed by atoms with Crippen LogP contribution in [-0.2, 0) is 10.0 Å². The Bertz CT molecular complexity index is 835. The van der Waals surface area contributed by atoms with Crippen LogP contribution in [0.25, 0.3) is 6.08 Å². The van der Waals surface area contributed by atoms with Crippen LogP contribution in [0.15, 0.2) is 52.3 Å². The van der Waals surface area contributed by atoms with Crippen molar-refractivity contribution < 1.29 is 17.9 Å². The van der Waals surface area contributed by atoms with Gasteiger partial charge in [0.15, 0.2) is 11.5 Å². The predicted molar refractivity (Wildman–Crippen MR) is 93.2 cm³/mol. The maximum Gasteiger partial charge on any atom is 0.255 e. The normalized spacial score (nSPS) is 14.0. The molecule has 0 radical (unpaired) electrons. The molecule has 2 aromatic carbocycles. The molecule has 7 heteroatoms. The van der Waals surface area contributed by atoms with E-state index in [9.17, 15) is 8.42 Å². The highest BCUT2D eigenvalue weighted by Crippen LogP contribution is 2.38. The van der Waals surface area contributed by atoms with Crippen molar-refractivity contribution >= 4 is 37.7 Å². The van der Waals surface area contributed by atoms with Gasteiger partial charge in [0.05, 0.1) is 11.1 Å². The molecule has 0 aliphatic carbocycles. The molecule has 0 aromatic heterocycles. The van der Waals surface area contributed by atoms with Crippen molar-refractivity contribution in [1.82, 2.24) is 0 Å². The van der Waals surface area contributed by atoms with Crippen LogP contribution in [0.5, 0.6) is 11.5 Å². The molecule has 23 heavy (non-hydrogen) atoms. The number of benzene rings is 2. The first-order valence-electron chi connectivity index (χ1n) is 6.89. The zero-order valence-electron chi connectivity index (χ0n) is 12.0. The Labute approximate surface area is 143 Å². The minimum atomic E-state index is -3.64. The third-order valence-corrected chi connectivity index (χ3v) is 4.78. The molecule has 2 aromatic rings. The standard InChI is InChI=1S/C16H14BrNO4S/c17-13-10-15-16(22-8-7-21-15)11-14(13)18-23(19,20)9-6-12-4-2-1-3-5-12/h1-6,9-11,18H,7-8H2/b9-6+. The van der Waals surface area contributed by atoms with Gasteiger partial charge in [-0.3, -0.25) is 4.72 Å². The minimum absolute atomic E-state index is 0.395.